The van der Waals surface area contributed by atoms with Gasteiger partial charge < -0.3 is 10.2 Å². The molecule has 3 aromatic rings. The largest absolute Gasteiger partial charge is 0.311 e. The van der Waals surface area contributed by atoms with Crippen molar-refractivity contribution in [1.29, 1.82) is 0 Å². The first-order valence-corrected chi connectivity index (χ1v) is 12.3. The number of amides is 2. The lowest BCUT2D eigenvalue weighted by atomic mass is 10.1. The second-order valence-electron chi connectivity index (χ2n) is 7.30. The number of carbonyl (C=O) groups excluding carboxylic acids is 2. The predicted octanol–water partition coefficient (Wildman–Crippen LogP) is 3.25. The highest BCUT2D eigenvalue weighted by molar-refractivity contribution is 7.90. The number of aromatic nitrogens is 1. The molecule has 0 radical (unpaired) electrons. The second kappa shape index (κ2) is 7.81. The molecule has 1 fully saturated rings. The molecule has 1 aromatic heterocycles. The fourth-order valence-electron chi connectivity index (χ4n) is 3.59. The van der Waals surface area contributed by atoms with E-state index in [4.69, 9.17) is 0 Å². The van der Waals surface area contributed by atoms with Crippen LogP contribution in [0.3, 0.4) is 0 Å². The highest BCUT2D eigenvalue weighted by Crippen LogP contribution is 2.31. The summed E-state index contributed by atoms with van der Waals surface area (Å²) in [5.74, 6) is -0.804. The number of hydrogen-bond acceptors (Lipinski definition) is 6. The van der Waals surface area contributed by atoms with Crippen LogP contribution in [-0.2, 0) is 25.8 Å². The summed E-state index contributed by atoms with van der Waals surface area (Å²) in [7, 11) is -3.32. The van der Waals surface area contributed by atoms with Gasteiger partial charge in [-0.05, 0) is 36.2 Å². The van der Waals surface area contributed by atoms with E-state index >= 15 is 0 Å². The minimum Gasteiger partial charge on any atom is -0.311 e. The highest BCUT2D eigenvalue weighted by atomic mass is 32.2. The molecule has 0 spiro atoms. The first kappa shape index (κ1) is 20.5. The van der Waals surface area contributed by atoms with E-state index in [1.165, 1.54) is 17.4 Å². The molecule has 1 aliphatic heterocycles. The fourth-order valence-corrected chi connectivity index (χ4v) is 5.22. The average molecular weight is 444 g/mol. The van der Waals surface area contributed by atoms with Gasteiger partial charge in [-0.25, -0.2) is 13.4 Å². The molecular formula is C21H21N3O4S2. The first-order chi connectivity index (χ1) is 14.3. The van der Waals surface area contributed by atoms with Gasteiger partial charge >= 0.3 is 0 Å². The molecule has 2 aromatic carbocycles. The minimum atomic E-state index is -3.32. The van der Waals surface area contributed by atoms with Gasteiger partial charge in [0.05, 0.1) is 21.0 Å². The number of aryl methyl sites for hydroxylation is 1. The molecule has 1 unspecified atom stereocenters. The van der Waals surface area contributed by atoms with E-state index < -0.39 is 15.8 Å². The molecule has 1 N–H and O–H groups in total. The molecule has 1 atom stereocenters. The maximum absolute atomic E-state index is 12.8. The van der Waals surface area contributed by atoms with Crippen LogP contribution in [0.5, 0.6) is 0 Å². The molecular weight excluding hydrogens is 422 g/mol. The highest BCUT2D eigenvalue weighted by Gasteiger charge is 2.36. The molecule has 0 aliphatic carbocycles. The van der Waals surface area contributed by atoms with E-state index in [1.807, 2.05) is 31.2 Å². The summed E-state index contributed by atoms with van der Waals surface area (Å²) in [6.07, 6.45) is 2.10. The monoisotopic (exact) mass is 443 g/mol. The molecule has 1 saturated heterocycles. The summed E-state index contributed by atoms with van der Waals surface area (Å²) in [6, 6.07) is 12.4. The zero-order valence-electron chi connectivity index (χ0n) is 16.6. The molecule has 0 bridgehead atoms. The van der Waals surface area contributed by atoms with Gasteiger partial charge in [0.2, 0.25) is 11.8 Å². The van der Waals surface area contributed by atoms with Crippen molar-refractivity contribution in [2.45, 2.75) is 24.7 Å². The van der Waals surface area contributed by atoms with Crippen molar-refractivity contribution in [3.05, 3.63) is 48.0 Å². The average Bonchev–Trinajstić information content (AvgIpc) is 3.29. The van der Waals surface area contributed by atoms with E-state index in [0.29, 0.717) is 21.9 Å². The first-order valence-electron chi connectivity index (χ1n) is 9.56. The van der Waals surface area contributed by atoms with Crippen LogP contribution in [0, 0.1) is 5.92 Å². The zero-order chi connectivity index (χ0) is 21.5. The summed E-state index contributed by atoms with van der Waals surface area (Å²) < 4.78 is 24.1. The number of benzene rings is 2. The summed E-state index contributed by atoms with van der Waals surface area (Å²) >= 11 is 1.21. The molecule has 0 saturated carbocycles. The third-order valence-electron chi connectivity index (χ3n) is 5.18. The molecule has 2 heterocycles. The van der Waals surface area contributed by atoms with Gasteiger partial charge in [0, 0.05) is 24.9 Å². The molecule has 1 aliphatic rings. The van der Waals surface area contributed by atoms with Crippen LogP contribution in [0.2, 0.25) is 0 Å². The molecule has 7 nitrogen and oxygen atoms in total. The molecule has 156 valence electrons. The van der Waals surface area contributed by atoms with Crippen molar-refractivity contribution in [3.8, 4) is 0 Å². The Morgan fingerprint density at radius 3 is 2.77 bits per heavy atom. The molecule has 2 amide bonds. The Bertz CT molecular complexity index is 1250. The quantitative estimate of drug-likeness (QED) is 0.653. The lowest BCUT2D eigenvalue weighted by molar-refractivity contribution is -0.122. The SMILES string of the molecule is CCc1ccccc1N1CC(C(=O)Nc2nc3ccc(S(C)(=O)=O)cc3s2)CC1=O. The number of hydrogen-bond donors (Lipinski definition) is 1. The van der Waals surface area contributed by atoms with Crippen LogP contribution in [0.1, 0.15) is 18.9 Å². The van der Waals surface area contributed by atoms with Crippen LogP contribution in [0.4, 0.5) is 10.8 Å². The van der Waals surface area contributed by atoms with E-state index in [9.17, 15) is 18.0 Å². The van der Waals surface area contributed by atoms with Gasteiger partial charge in [-0.15, -0.1) is 0 Å². The third kappa shape index (κ3) is 3.95. The number of rotatable bonds is 5. The number of sulfone groups is 1. The lowest BCUT2D eigenvalue weighted by Gasteiger charge is -2.19. The van der Waals surface area contributed by atoms with Crippen molar-refractivity contribution in [2.24, 2.45) is 5.92 Å². The Labute approximate surface area is 178 Å². The number of nitrogens with zero attached hydrogens (tertiary/aromatic N) is 2. The Morgan fingerprint density at radius 1 is 1.27 bits per heavy atom. The number of nitrogens with one attached hydrogen (secondary N) is 1. The summed E-state index contributed by atoms with van der Waals surface area (Å²) in [6.45, 7) is 2.36. The predicted molar refractivity (Wildman–Crippen MR) is 118 cm³/mol. The van der Waals surface area contributed by atoms with Crippen molar-refractivity contribution in [1.82, 2.24) is 4.98 Å². The zero-order valence-corrected chi connectivity index (χ0v) is 18.2. The number of para-hydroxylation sites is 1. The van der Waals surface area contributed by atoms with Crippen LogP contribution < -0.4 is 10.2 Å². The lowest BCUT2D eigenvalue weighted by Crippen LogP contribution is -2.28. The van der Waals surface area contributed by atoms with E-state index in [-0.39, 0.29) is 23.1 Å². The third-order valence-corrected chi connectivity index (χ3v) is 7.22. The second-order valence-corrected chi connectivity index (χ2v) is 10.3. The number of carbonyl (C=O) groups is 2. The van der Waals surface area contributed by atoms with Gasteiger partial charge in [-0.3, -0.25) is 9.59 Å². The normalized spacial score (nSPS) is 16.9. The molecule has 30 heavy (non-hydrogen) atoms. The summed E-state index contributed by atoms with van der Waals surface area (Å²) in [5.41, 5.74) is 2.54. The van der Waals surface area contributed by atoms with Gasteiger partial charge in [0.1, 0.15) is 0 Å². The summed E-state index contributed by atoms with van der Waals surface area (Å²) in [5, 5.41) is 3.18. The number of fused-ring (bicyclic) bond motifs is 1. The smallest absolute Gasteiger partial charge is 0.231 e. The van der Waals surface area contributed by atoms with Crippen molar-refractivity contribution < 1.29 is 18.0 Å². The van der Waals surface area contributed by atoms with E-state index in [2.05, 4.69) is 10.3 Å². The number of anilines is 2. The van der Waals surface area contributed by atoms with Gasteiger partial charge in [0.15, 0.2) is 15.0 Å². The van der Waals surface area contributed by atoms with Crippen molar-refractivity contribution in [2.75, 3.05) is 23.0 Å². The van der Waals surface area contributed by atoms with Crippen LogP contribution in [0.15, 0.2) is 47.4 Å². The number of thiazole rings is 1. The fraction of sp³-hybridized carbons (Fsp3) is 0.286. The van der Waals surface area contributed by atoms with E-state index in [1.54, 1.807) is 17.0 Å². The maximum Gasteiger partial charge on any atom is 0.231 e. The van der Waals surface area contributed by atoms with Crippen molar-refractivity contribution >= 4 is 54.0 Å². The van der Waals surface area contributed by atoms with Gasteiger partial charge in [0.25, 0.3) is 0 Å². The minimum absolute atomic E-state index is 0.0712. The van der Waals surface area contributed by atoms with Crippen LogP contribution in [0.25, 0.3) is 10.2 Å². The van der Waals surface area contributed by atoms with Gasteiger partial charge in [-0.2, -0.15) is 0 Å². The van der Waals surface area contributed by atoms with Crippen LogP contribution in [-0.4, -0.2) is 38.0 Å². The molecule has 9 heteroatoms. The Morgan fingerprint density at radius 2 is 2.03 bits per heavy atom. The van der Waals surface area contributed by atoms with Crippen molar-refractivity contribution in [3.63, 3.8) is 0 Å². The summed E-state index contributed by atoms with van der Waals surface area (Å²) in [4.78, 5) is 31.6. The molecule has 4 rings (SSSR count). The topological polar surface area (TPSA) is 96.4 Å². The standard InChI is InChI=1S/C21H21N3O4S2/c1-3-13-6-4-5-7-17(13)24-12-14(10-19(24)25)20(26)23-21-22-16-9-8-15(30(2,27)28)11-18(16)29-21/h4-9,11,14H,3,10,12H2,1-2H3,(H,22,23,26). The van der Waals surface area contributed by atoms with E-state index in [0.717, 1.165) is 23.9 Å². The Balaban J connectivity index is 1.51. The Hall–Kier alpha value is -2.78. The maximum atomic E-state index is 12.8. The van der Waals surface area contributed by atoms with Crippen LogP contribution >= 0.6 is 11.3 Å². The van der Waals surface area contributed by atoms with Gasteiger partial charge in [-0.1, -0.05) is 36.5 Å². The Kier molecular flexibility index (Phi) is 5.33.